The number of nitrogens with one attached hydrogen (secondary N) is 1. The summed E-state index contributed by atoms with van der Waals surface area (Å²) in [6.45, 7) is 8.90. The first-order chi connectivity index (χ1) is 16.4. The fourth-order valence-electron chi connectivity index (χ4n) is 3.21. The van der Waals surface area contributed by atoms with Crippen molar-refractivity contribution in [1.82, 2.24) is 9.55 Å². The number of aliphatic hydroxyl groups excluding tert-OH is 1. The Bertz CT molecular complexity index is 937. The highest BCUT2D eigenvalue weighted by atomic mass is 16.7. The molecule has 198 valence electrons. The molecule has 2 heterocycles. The standard InChI is InChI=1S/C21H33N6O8/c1-10(2)16(29)23-13-7-8-27(20(32)24-13)17-14(33-18(30)11(3)4)15(34-19(31)12(5)6)21(9-28,35-17)25-26-22/h7-8,10-12,14-19,28H,9H2,1-6H3,(H,23,24,32)/q-3/t14-,15+,16?,17-,18?,19?,21-/m1/s1. The number of azide groups is 1. The summed E-state index contributed by atoms with van der Waals surface area (Å²) < 4.78 is 17.9. The molecule has 2 rings (SSSR count). The minimum absolute atomic E-state index is 0.0231. The number of aliphatic hydroxyl groups is 1. The van der Waals surface area contributed by atoms with E-state index in [4.69, 9.17) is 19.7 Å². The number of anilines is 1. The first kappa shape index (κ1) is 28.9. The second-order valence-corrected chi connectivity index (χ2v) is 9.39. The van der Waals surface area contributed by atoms with Gasteiger partial charge in [0.2, 0.25) is 5.72 Å². The Kier molecular flexibility index (Phi) is 10.0. The summed E-state index contributed by atoms with van der Waals surface area (Å²) in [6.07, 6.45) is -7.63. The molecule has 1 aromatic rings. The number of ether oxygens (including phenoxy) is 3. The van der Waals surface area contributed by atoms with Gasteiger partial charge >= 0.3 is 5.69 Å². The number of hydrogen-bond donors (Lipinski definition) is 2. The molecular formula is C21H33N6O8-3. The van der Waals surface area contributed by atoms with E-state index in [1.807, 2.05) is 0 Å². The Morgan fingerprint density at radius 1 is 1.20 bits per heavy atom. The summed E-state index contributed by atoms with van der Waals surface area (Å²) in [4.78, 5) is 19.4. The van der Waals surface area contributed by atoms with Gasteiger partial charge < -0.3 is 40.0 Å². The number of rotatable bonds is 12. The molecule has 1 saturated heterocycles. The van der Waals surface area contributed by atoms with E-state index in [0.717, 1.165) is 4.57 Å². The van der Waals surface area contributed by atoms with Crippen molar-refractivity contribution in [2.24, 2.45) is 22.9 Å². The van der Waals surface area contributed by atoms with E-state index in [0.29, 0.717) is 0 Å². The molecule has 0 saturated carbocycles. The Balaban J connectivity index is 2.56. The molecule has 1 aliphatic heterocycles. The van der Waals surface area contributed by atoms with Crippen LogP contribution in [0.4, 0.5) is 5.82 Å². The SMILES string of the molecule is CC(C)C([O-])Nc1ccn([C@@H]2O[C@@](CO)(N=[N+]=[N-])[C@@H](OC([O-])C(C)C)[C@H]2OC([O-])C(C)C)c(=O)n1. The first-order valence-corrected chi connectivity index (χ1v) is 11.4. The molecular weight excluding hydrogens is 464 g/mol. The van der Waals surface area contributed by atoms with E-state index in [9.17, 15) is 25.2 Å². The Hall–Kier alpha value is -2.29. The maximum atomic E-state index is 12.9. The van der Waals surface area contributed by atoms with Crippen LogP contribution < -0.4 is 26.3 Å². The molecule has 0 aromatic carbocycles. The fourth-order valence-corrected chi connectivity index (χ4v) is 3.21. The average Bonchev–Trinajstić information content (AvgIpc) is 3.07. The van der Waals surface area contributed by atoms with Crippen LogP contribution in [0.3, 0.4) is 0 Å². The second kappa shape index (κ2) is 12.1. The maximum Gasteiger partial charge on any atom is 0.351 e. The van der Waals surface area contributed by atoms with Crippen molar-refractivity contribution in [3.05, 3.63) is 33.2 Å². The summed E-state index contributed by atoms with van der Waals surface area (Å²) >= 11 is 0. The summed E-state index contributed by atoms with van der Waals surface area (Å²) in [5.74, 6) is -1.29. The lowest BCUT2D eigenvalue weighted by atomic mass is 10.0. The van der Waals surface area contributed by atoms with Crippen molar-refractivity contribution >= 4 is 5.82 Å². The highest BCUT2D eigenvalue weighted by Crippen LogP contribution is 2.42. The molecule has 0 radical (unpaired) electrons. The van der Waals surface area contributed by atoms with Crippen molar-refractivity contribution in [3.63, 3.8) is 0 Å². The van der Waals surface area contributed by atoms with Crippen molar-refractivity contribution in [2.45, 2.75) is 84.5 Å². The molecule has 14 nitrogen and oxygen atoms in total. The Morgan fingerprint density at radius 2 is 1.80 bits per heavy atom. The van der Waals surface area contributed by atoms with Crippen LogP contribution in [0.1, 0.15) is 47.8 Å². The second-order valence-electron chi connectivity index (χ2n) is 9.39. The van der Waals surface area contributed by atoms with Crippen LogP contribution in [-0.4, -0.2) is 58.0 Å². The van der Waals surface area contributed by atoms with E-state index in [-0.39, 0.29) is 11.7 Å². The molecule has 1 aliphatic rings. The lowest BCUT2D eigenvalue weighted by molar-refractivity contribution is -0.527. The zero-order valence-corrected chi connectivity index (χ0v) is 20.6. The molecule has 14 heteroatoms. The van der Waals surface area contributed by atoms with E-state index >= 15 is 0 Å². The van der Waals surface area contributed by atoms with Crippen LogP contribution in [0.2, 0.25) is 0 Å². The van der Waals surface area contributed by atoms with Gasteiger partial charge in [0.1, 0.15) is 18.0 Å². The van der Waals surface area contributed by atoms with Gasteiger partial charge in [0.25, 0.3) is 0 Å². The fraction of sp³-hybridized carbons (Fsp3) is 0.810. The zero-order valence-electron chi connectivity index (χ0n) is 20.6. The minimum Gasteiger partial charge on any atom is -0.836 e. The predicted molar refractivity (Wildman–Crippen MR) is 117 cm³/mol. The van der Waals surface area contributed by atoms with E-state index in [2.05, 4.69) is 20.3 Å². The Labute approximate surface area is 203 Å². The monoisotopic (exact) mass is 497 g/mol. The maximum absolute atomic E-state index is 12.9. The number of aromatic nitrogens is 2. The van der Waals surface area contributed by atoms with Gasteiger partial charge in [-0.3, -0.25) is 4.57 Å². The third-order valence-corrected chi connectivity index (χ3v) is 5.45. The zero-order chi connectivity index (χ0) is 26.5. The van der Waals surface area contributed by atoms with Crippen LogP contribution in [0, 0.1) is 17.8 Å². The van der Waals surface area contributed by atoms with Gasteiger partial charge in [-0.25, -0.2) is 4.79 Å². The van der Waals surface area contributed by atoms with Crippen LogP contribution in [0.25, 0.3) is 10.4 Å². The van der Waals surface area contributed by atoms with E-state index < -0.39 is 67.1 Å². The van der Waals surface area contributed by atoms with Crippen LogP contribution in [0.15, 0.2) is 22.2 Å². The van der Waals surface area contributed by atoms with Crippen molar-refractivity contribution < 1.29 is 34.6 Å². The molecule has 35 heavy (non-hydrogen) atoms. The predicted octanol–water partition coefficient (Wildman–Crippen LogP) is -1.02. The lowest BCUT2D eigenvalue weighted by Crippen LogP contribution is -2.53. The molecule has 0 aliphatic carbocycles. The van der Waals surface area contributed by atoms with Gasteiger partial charge in [-0.2, -0.15) is 4.98 Å². The highest BCUT2D eigenvalue weighted by Gasteiger charge is 2.58. The van der Waals surface area contributed by atoms with Crippen LogP contribution in [0.5, 0.6) is 0 Å². The number of nitrogens with zero attached hydrogens (tertiary/aromatic N) is 5. The van der Waals surface area contributed by atoms with Crippen molar-refractivity contribution in [2.75, 3.05) is 11.9 Å². The molecule has 0 spiro atoms. The quantitative estimate of drug-likeness (QED) is 0.155. The molecule has 3 unspecified atom stereocenters. The Morgan fingerprint density at radius 3 is 2.29 bits per heavy atom. The van der Waals surface area contributed by atoms with Crippen LogP contribution >= 0.6 is 0 Å². The minimum atomic E-state index is -2.16. The third-order valence-electron chi connectivity index (χ3n) is 5.45. The van der Waals surface area contributed by atoms with Gasteiger partial charge in [0.05, 0.1) is 6.61 Å². The molecule has 0 bridgehead atoms. The molecule has 0 amide bonds. The lowest BCUT2D eigenvalue weighted by Gasteiger charge is -2.39. The summed E-state index contributed by atoms with van der Waals surface area (Å²) in [5.41, 5.74) is 6.09. The van der Waals surface area contributed by atoms with Crippen molar-refractivity contribution in [3.8, 4) is 0 Å². The van der Waals surface area contributed by atoms with E-state index in [1.54, 1.807) is 41.5 Å². The summed E-state index contributed by atoms with van der Waals surface area (Å²) in [7, 11) is 0. The molecule has 1 fully saturated rings. The molecule has 7 atom stereocenters. The van der Waals surface area contributed by atoms with E-state index in [1.165, 1.54) is 12.3 Å². The van der Waals surface area contributed by atoms with Crippen molar-refractivity contribution in [1.29, 1.82) is 0 Å². The van der Waals surface area contributed by atoms with Gasteiger partial charge in [-0.15, -0.1) is 0 Å². The largest absolute Gasteiger partial charge is 0.836 e. The van der Waals surface area contributed by atoms with Gasteiger partial charge in [0.15, 0.2) is 6.23 Å². The first-order valence-electron chi connectivity index (χ1n) is 11.4. The molecule has 1 aromatic heterocycles. The summed E-state index contributed by atoms with van der Waals surface area (Å²) in [6, 6.07) is 1.35. The van der Waals surface area contributed by atoms with Crippen LogP contribution in [-0.2, 0) is 14.2 Å². The molecule has 2 N–H and O–H groups in total. The third kappa shape index (κ3) is 6.68. The normalized spacial score (nSPS) is 27.2. The van der Waals surface area contributed by atoms with Gasteiger partial charge in [-0.1, -0.05) is 46.7 Å². The van der Waals surface area contributed by atoms with Gasteiger partial charge in [0, 0.05) is 11.1 Å². The topological polar surface area (TPSA) is 213 Å². The average molecular weight is 498 g/mol. The highest BCUT2D eigenvalue weighted by molar-refractivity contribution is 5.32. The number of hydrogen-bond acceptors (Lipinski definition) is 11. The summed E-state index contributed by atoms with van der Waals surface area (Å²) in [5, 5.41) is 53.3. The smallest absolute Gasteiger partial charge is 0.351 e. The van der Waals surface area contributed by atoms with Gasteiger partial charge in [-0.05, 0) is 48.2 Å².